The van der Waals surface area contributed by atoms with Gasteiger partial charge in [0.25, 0.3) is 5.56 Å². The van der Waals surface area contributed by atoms with Crippen LogP contribution >= 0.6 is 11.6 Å². The van der Waals surface area contributed by atoms with Crippen LogP contribution in [0.15, 0.2) is 89.9 Å². The molecule has 39 heavy (non-hydrogen) atoms. The first-order chi connectivity index (χ1) is 18.9. The molecule has 0 aliphatic carbocycles. The third kappa shape index (κ3) is 6.47. The molecule has 1 saturated heterocycles. The number of nitrogens with zero attached hydrogens (tertiary/aromatic N) is 3. The van der Waals surface area contributed by atoms with Gasteiger partial charge in [-0.2, -0.15) is 5.10 Å². The molecule has 0 radical (unpaired) electrons. The molecule has 0 bridgehead atoms. The van der Waals surface area contributed by atoms with Crippen molar-refractivity contribution in [1.29, 1.82) is 0 Å². The van der Waals surface area contributed by atoms with Crippen LogP contribution in [-0.4, -0.2) is 41.0 Å². The van der Waals surface area contributed by atoms with Crippen LogP contribution in [0, 0.1) is 0 Å². The van der Waals surface area contributed by atoms with Gasteiger partial charge in [-0.15, -0.1) is 0 Å². The van der Waals surface area contributed by atoms with Crippen molar-refractivity contribution in [2.45, 2.75) is 32.5 Å². The summed E-state index contributed by atoms with van der Waals surface area (Å²) in [5.74, 6) is 0. The van der Waals surface area contributed by atoms with Gasteiger partial charge in [-0.3, -0.25) is 4.79 Å². The molecule has 8 nitrogen and oxygen atoms in total. The van der Waals surface area contributed by atoms with E-state index in [-0.39, 0.29) is 35.2 Å². The second-order valence-electron chi connectivity index (χ2n) is 9.90. The Hall–Kier alpha value is -4.14. The summed E-state index contributed by atoms with van der Waals surface area (Å²) < 4.78 is 1.34. The maximum Gasteiger partial charge on any atom is 0.323 e. The molecule has 0 saturated carbocycles. The van der Waals surface area contributed by atoms with E-state index in [9.17, 15) is 9.59 Å². The Bertz CT molecular complexity index is 1500. The molecule has 2 amide bonds. The molecule has 1 aliphatic rings. The SMILES string of the molecule is C[C@@H]1CN(c2cnn(Cc3cccc(NC(=O)Nc4ccc(-c5ccccc5)cc4)c3)c(=O)c2Cl)C[C@H](C)N1. The highest BCUT2D eigenvalue weighted by Crippen LogP contribution is 2.24. The van der Waals surface area contributed by atoms with Crippen LogP contribution in [0.4, 0.5) is 21.9 Å². The van der Waals surface area contributed by atoms with E-state index in [1.807, 2.05) is 72.8 Å². The number of rotatable bonds is 6. The third-order valence-electron chi connectivity index (χ3n) is 6.63. The van der Waals surface area contributed by atoms with E-state index < -0.39 is 0 Å². The first-order valence-electron chi connectivity index (χ1n) is 12.9. The van der Waals surface area contributed by atoms with E-state index >= 15 is 0 Å². The predicted molar refractivity (Wildman–Crippen MR) is 158 cm³/mol. The highest BCUT2D eigenvalue weighted by molar-refractivity contribution is 6.33. The van der Waals surface area contributed by atoms with Crippen molar-refractivity contribution in [3.63, 3.8) is 0 Å². The summed E-state index contributed by atoms with van der Waals surface area (Å²) >= 11 is 6.51. The van der Waals surface area contributed by atoms with Crippen LogP contribution in [-0.2, 0) is 6.54 Å². The van der Waals surface area contributed by atoms with Crippen LogP contribution in [0.3, 0.4) is 0 Å². The lowest BCUT2D eigenvalue weighted by atomic mass is 10.1. The highest BCUT2D eigenvalue weighted by Gasteiger charge is 2.24. The fourth-order valence-corrected chi connectivity index (χ4v) is 5.17. The van der Waals surface area contributed by atoms with Crippen molar-refractivity contribution >= 4 is 34.7 Å². The quantitative estimate of drug-likeness (QED) is 0.302. The molecule has 9 heteroatoms. The van der Waals surface area contributed by atoms with Crippen LogP contribution < -0.4 is 26.4 Å². The maximum atomic E-state index is 13.0. The first kappa shape index (κ1) is 26.5. The third-order valence-corrected chi connectivity index (χ3v) is 6.99. The number of anilines is 3. The summed E-state index contributed by atoms with van der Waals surface area (Å²) in [7, 11) is 0. The zero-order valence-electron chi connectivity index (χ0n) is 21.9. The Morgan fingerprint density at radius 1 is 0.923 bits per heavy atom. The van der Waals surface area contributed by atoms with Crippen molar-refractivity contribution in [2.24, 2.45) is 0 Å². The van der Waals surface area contributed by atoms with Gasteiger partial charge in [0.2, 0.25) is 0 Å². The summed E-state index contributed by atoms with van der Waals surface area (Å²) in [5.41, 5.74) is 4.59. The summed E-state index contributed by atoms with van der Waals surface area (Å²) in [6, 6.07) is 25.2. The zero-order chi connectivity index (χ0) is 27.4. The smallest absolute Gasteiger partial charge is 0.323 e. The minimum atomic E-state index is -0.359. The zero-order valence-corrected chi connectivity index (χ0v) is 22.7. The van der Waals surface area contributed by atoms with Gasteiger partial charge in [0.1, 0.15) is 5.02 Å². The number of amides is 2. The van der Waals surface area contributed by atoms with Crippen molar-refractivity contribution < 1.29 is 4.79 Å². The number of benzene rings is 3. The molecule has 2 heterocycles. The lowest BCUT2D eigenvalue weighted by Gasteiger charge is -2.37. The van der Waals surface area contributed by atoms with Crippen LogP contribution in [0.2, 0.25) is 5.02 Å². The number of hydrogen-bond donors (Lipinski definition) is 3. The lowest BCUT2D eigenvalue weighted by molar-refractivity contribution is 0.262. The van der Waals surface area contributed by atoms with Gasteiger partial charge in [-0.05, 0) is 54.8 Å². The lowest BCUT2D eigenvalue weighted by Crippen LogP contribution is -2.54. The van der Waals surface area contributed by atoms with Gasteiger partial charge in [0.05, 0.1) is 18.4 Å². The maximum absolute atomic E-state index is 13.0. The van der Waals surface area contributed by atoms with Crippen LogP contribution in [0.25, 0.3) is 11.1 Å². The fraction of sp³-hybridized carbons (Fsp3) is 0.233. The molecule has 5 rings (SSSR count). The molecular weight excluding hydrogens is 512 g/mol. The molecule has 1 fully saturated rings. The van der Waals surface area contributed by atoms with Crippen LogP contribution in [0.1, 0.15) is 19.4 Å². The van der Waals surface area contributed by atoms with Gasteiger partial charge in [-0.25, -0.2) is 9.48 Å². The van der Waals surface area contributed by atoms with E-state index in [1.165, 1.54) is 4.68 Å². The highest BCUT2D eigenvalue weighted by atomic mass is 35.5. The number of nitrogens with one attached hydrogen (secondary N) is 3. The summed E-state index contributed by atoms with van der Waals surface area (Å²) in [6.07, 6.45) is 1.66. The topological polar surface area (TPSA) is 91.3 Å². The number of piperazine rings is 1. The molecule has 1 aliphatic heterocycles. The Kier molecular flexibility index (Phi) is 7.95. The minimum Gasteiger partial charge on any atom is -0.366 e. The van der Waals surface area contributed by atoms with Crippen molar-refractivity contribution in [2.75, 3.05) is 28.6 Å². The number of hydrogen-bond acceptors (Lipinski definition) is 5. The minimum absolute atomic E-state index is 0.165. The van der Waals surface area contributed by atoms with Crippen LogP contribution in [0.5, 0.6) is 0 Å². The Labute approximate surface area is 232 Å². The standard InChI is InChI=1S/C30H31ClN6O2/c1-20-17-36(18-21(2)33-20)27-16-32-37(29(38)28(27)31)19-22-7-6-10-26(15-22)35-30(39)34-25-13-11-24(12-14-25)23-8-4-3-5-9-23/h3-16,20-21,33H,17-19H2,1-2H3,(H2,34,35,39)/t20-,21+. The average Bonchev–Trinajstić information content (AvgIpc) is 2.92. The van der Waals surface area contributed by atoms with Crippen molar-refractivity contribution in [3.8, 4) is 11.1 Å². The number of carbonyl (C=O) groups excluding carboxylic acids is 1. The molecule has 0 spiro atoms. The average molecular weight is 543 g/mol. The number of urea groups is 1. The monoisotopic (exact) mass is 542 g/mol. The van der Waals surface area contributed by atoms with Gasteiger partial charge >= 0.3 is 6.03 Å². The van der Waals surface area contributed by atoms with Gasteiger partial charge < -0.3 is 20.9 Å². The summed E-state index contributed by atoms with van der Waals surface area (Å²) in [6.45, 7) is 5.94. The molecule has 0 unspecified atom stereocenters. The molecular formula is C30H31ClN6O2. The van der Waals surface area contributed by atoms with Gasteiger partial charge in [0.15, 0.2) is 0 Å². The number of halogens is 1. The van der Waals surface area contributed by atoms with E-state index in [0.29, 0.717) is 17.1 Å². The van der Waals surface area contributed by atoms with E-state index in [1.54, 1.807) is 12.3 Å². The first-order valence-corrected chi connectivity index (χ1v) is 13.3. The summed E-state index contributed by atoms with van der Waals surface area (Å²) in [4.78, 5) is 27.8. The van der Waals surface area contributed by atoms with Crippen molar-refractivity contribution in [1.82, 2.24) is 15.1 Å². The Morgan fingerprint density at radius 3 is 2.31 bits per heavy atom. The van der Waals surface area contributed by atoms with Gasteiger partial charge in [-0.1, -0.05) is 66.2 Å². The molecule has 1 aromatic heterocycles. The predicted octanol–water partition coefficient (Wildman–Crippen LogP) is 5.44. The number of carbonyl (C=O) groups is 1. The van der Waals surface area contributed by atoms with Gasteiger partial charge in [0, 0.05) is 36.5 Å². The second-order valence-corrected chi connectivity index (χ2v) is 10.3. The molecule has 3 N–H and O–H groups in total. The number of aromatic nitrogens is 2. The van der Waals surface area contributed by atoms with E-state index in [4.69, 9.17) is 11.6 Å². The van der Waals surface area contributed by atoms with Crippen molar-refractivity contribution in [3.05, 3.63) is 106 Å². The fourth-order valence-electron chi connectivity index (χ4n) is 4.90. The van der Waals surface area contributed by atoms with E-state index in [0.717, 1.165) is 29.8 Å². The molecule has 200 valence electrons. The second kappa shape index (κ2) is 11.7. The molecule has 4 aromatic rings. The van der Waals surface area contributed by atoms with E-state index in [2.05, 4.69) is 39.8 Å². The largest absolute Gasteiger partial charge is 0.366 e. The molecule has 3 aromatic carbocycles. The molecule has 2 atom stereocenters. The Balaban J connectivity index is 1.23. The Morgan fingerprint density at radius 2 is 1.59 bits per heavy atom. The summed E-state index contributed by atoms with van der Waals surface area (Å²) in [5, 5.41) is 13.7. The normalized spacial score (nSPS) is 17.1.